The maximum Gasteiger partial charge on any atom is 0.501 e. The van der Waals surface area contributed by atoms with Gasteiger partial charge in [-0.25, -0.2) is 0 Å². The summed E-state index contributed by atoms with van der Waals surface area (Å²) in [5, 5.41) is 0.484. The second kappa shape index (κ2) is 2.76. The molecule has 7 heteroatoms. The third-order valence-electron chi connectivity index (χ3n) is 2.20. The van der Waals surface area contributed by atoms with Crippen LogP contribution in [0.3, 0.4) is 0 Å². The van der Waals surface area contributed by atoms with Crippen molar-refractivity contribution in [2.45, 2.75) is 0 Å². The molecule has 0 amide bonds. The van der Waals surface area contributed by atoms with Crippen molar-refractivity contribution in [2.24, 2.45) is 0 Å². The summed E-state index contributed by atoms with van der Waals surface area (Å²) in [7, 11) is -4.14. The maximum absolute atomic E-state index is 11.5. The van der Waals surface area contributed by atoms with Crippen molar-refractivity contribution < 1.29 is 16.8 Å². The SMILES string of the molecule is O=c1[nH]c2ccccc2c2c1OS(=O)(=O)O2. The van der Waals surface area contributed by atoms with Crippen LogP contribution in [0.5, 0.6) is 11.5 Å². The molecule has 0 saturated carbocycles. The van der Waals surface area contributed by atoms with Gasteiger partial charge in [0.15, 0.2) is 0 Å². The lowest BCUT2D eigenvalue weighted by Crippen LogP contribution is -2.11. The van der Waals surface area contributed by atoms with Gasteiger partial charge in [0, 0.05) is 5.39 Å². The number of nitrogens with one attached hydrogen (secondary N) is 1. The number of aromatic amines is 1. The highest BCUT2D eigenvalue weighted by atomic mass is 32.3. The smallest absolute Gasteiger partial charge is 0.348 e. The number of para-hydroxylation sites is 1. The summed E-state index contributed by atoms with van der Waals surface area (Å²) in [4.78, 5) is 14.0. The quantitative estimate of drug-likeness (QED) is 0.725. The molecule has 1 aromatic carbocycles. The van der Waals surface area contributed by atoms with E-state index in [9.17, 15) is 13.2 Å². The molecule has 0 bridgehead atoms. The van der Waals surface area contributed by atoms with E-state index >= 15 is 0 Å². The molecule has 1 aliphatic heterocycles. The fraction of sp³-hybridized carbons (Fsp3) is 0. The molecule has 16 heavy (non-hydrogen) atoms. The summed E-state index contributed by atoms with van der Waals surface area (Å²) in [5.74, 6) is -0.377. The second-order valence-electron chi connectivity index (χ2n) is 3.23. The van der Waals surface area contributed by atoms with Crippen LogP contribution in [-0.4, -0.2) is 13.4 Å². The number of fused-ring (bicyclic) bond motifs is 3. The zero-order chi connectivity index (χ0) is 11.3. The van der Waals surface area contributed by atoms with Crippen molar-refractivity contribution in [3.8, 4) is 11.5 Å². The van der Waals surface area contributed by atoms with Gasteiger partial charge in [0.25, 0.3) is 11.3 Å². The average molecular weight is 239 g/mol. The van der Waals surface area contributed by atoms with Crippen molar-refractivity contribution in [1.82, 2.24) is 4.98 Å². The Morgan fingerprint density at radius 1 is 1.06 bits per heavy atom. The third kappa shape index (κ3) is 1.18. The standard InChI is InChI=1S/C9H5NO5S/c11-9-8-7(14-16(12,13)15-8)5-3-1-2-4-6(5)10-9/h1-4H,(H,10,11). The van der Waals surface area contributed by atoms with Gasteiger partial charge in [-0.2, -0.15) is 0 Å². The Morgan fingerprint density at radius 2 is 1.75 bits per heavy atom. The minimum absolute atomic E-state index is 0.0562. The van der Waals surface area contributed by atoms with E-state index in [1.807, 2.05) is 0 Å². The van der Waals surface area contributed by atoms with E-state index in [-0.39, 0.29) is 11.5 Å². The molecule has 0 spiro atoms. The zero-order valence-electron chi connectivity index (χ0n) is 7.76. The van der Waals surface area contributed by atoms with Gasteiger partial charge in [-0.05, 0) is 12.1 Å². The van der Waals surface area contributed by atoms with E-state index in [4.69, 9.17) is 0 Å². The van der Waals surface area contributed by atoms with Crippen molar-refractivity contribution >= 4 is 21.3 Å². The molecular weight excluding hydrogens is 234 g/mol. The van der Waals surface area contributed by atoms with Gasteiger partial charge >= 0.3 is 10.4 Å². The Hall–Kier alpha value is -2.02. The topological polar surface area (TPSA) is 85.5 Å². The zero-order valence-corrected chi connectivity index (χ0v) is 8.58. The van der Waals surface area contributed by atoms with Crippen LogP contribution >= 0.6 is 0 Å². The molecular formula is C9H5NO5S. The third-order valence-corrected chi connectivity index (χ3v) is 2.94. The highest BCUT2D eigenvalue weighted by molar-refractivity contribution is 7.82. The number of pyridine rings is 1. The number of rotatable bonds is 0. The van der Waals surface area contributed by atoms with Gasteiger partial charge < -0.3 is 13.4 Å². The molecule has 0 atom stereocenters. The highest BCUT2D eigenvalue weighted by Gasteiger charge is 2.33. The largest absolute Gasteiger partial charge is 0.501 e. The predicted molar refractivity (Wildman–Crippen MR) is 54.7 cm³/mol. The Morgan fingerprint density at radius 3 is 2.56 bits per heavy atom. The highest BCUT2D eigenvalue weighted by Crippen LogP contribution is 2.37. The molecule has 0 aliphatic carbocycles. The summed E-state index contributed by atoms with van der Waals surface area (Å²) in [6.45, 7) is 0. The molecule has 3 rings (SSSR count). The second-order valence-corrected chi connectivity index (χ2v) is 4.38. The van der Waals surface area contributed by atoms with E-state index in [0.717, 1.165) is 0 Å². The Labute approximate surface area is 89.8 Å². The molecule has 0 fully saturated rings. The lowest BCUT2D eigenvalue weighted by Gasteiger charge is -1.98. The summed E-state index contributed by atoms with van der Waals surface area (Å²) < 4.78 is 31.2. The molecule has 6 nitrogen and oxygen atoms in total. The lowest BCUT2D eigenvalue weighted by atomic mass is 10.2. The number of benzene rings is 1. The van der Waals surface area contributed by atoms with Gasteiger partial charge in [0.1, 0.15) is 0 Å². The number of hydrogen-bond acceptors (Lipinski definition) is 5. The van der Waals surface area contributed by atoms with Crippen molar-refractivity contribution in [3.05, 3.63) is 34.6 Å². The van der Waals surface area contributed by atoms with Crippen LogP contribution in [0.1, 0.15) is 0 Å². The monoisotopic (exact) mass is 239 g/mol. The van der Waals surface area contributed by atoms with Crippen LogP contribution in [0.25, 0.3) is 10.9 Å². The van der Waals surface area contributed by atoms with Gasteiger partial charge in [-0.3, -0.25) is 4.79 Å². The Kier molecular flexibility index (Phi) is 1.59. The molecule has 82 valence electrons. The van der Waals surface area contributed by atoms with Gasteiger partial charge in [-0.15, -0.1) is 8.42 Å². The summed E-state index contributed by atoms with van der Waals surface area (Å²) in [6.07, 6.45) is 0. The summed E-state index contributed by atoms with van der Waals surface area (Å²) in [6, 6.07) is 6.70. The average Bonchev–Trinajstić information content (AvgIpc) is 2.55. The maximum atomic E-state index is 11.5. The van der Waals surface area contributed by atoms with Crippen LogP contribution in [0.15, 0.2) is 29.1 Å². The van der Waals surface area contributed by atoms with Gasteiger partial charge in [0.2, 0.25) is 5.75 Å². The van der Waals surface area contributed by atoms with E-state index in [1.54, 1.807) is 24.3 Å². The Bertz CT molecular complexity index is 746. The predicted octanol–water partition coefficient (Wildman–Crippen LogP) is 0.544. The molecule has 0 saturated heterocycles. The fourth-order valence-electron chi connectivity index (χ4n) is 1.57. The van der Waals surface area contributed by atoms with Crippen molar-refractivity contribution in [1.29, 1.82) is 0 Å². The van der Waals surface area contributed by atoms with E-state index in [0.29, 0.717) is 10.9 Å². The van der Waals surface area contributed by atoms with E-state index < -0.39 is 16.0 Å². The molecule has 1 aromatic heterocycles. The molecule has 1 aliphatic rings. The lowest BCUT2D eigenvalue weighted by molar-refractivity contribution is 0.436. The minimum Gasteiger partial charge on any atom is -0.348 e. The Balaban J connectivity index is 2.49. The van der Waals surface area contributed by atoms with Crippen molar-refractivity contribution in [3.63, 3.8) is 0 Å². The van der Waals surface area contributed by atoms with E-state index in [2.05, 4.69) is 13.4 Å². The summed E-state index contributed by atoms with van der Waals surface area (Å²) in [5.41, 5.74) is -0.137. The number of aromatic nitrogens is 1. The normalized spacial score (nSPS) is 16.5. The molecule has 0 radical (unpaired) electrons. The fourth-order valence-corrected chi connectivity index (χ4v) is 2.33. The molecule has 2 aromatic rings. The number of hydrogen-bond donors (Lipinski definition) is 1. The van der Waals surface area contributed by atoms with Gasteiger partial charge in [-0.1, -0.05) is 12.1 Å². The number of H-pyrrole nitrogens is 1. The summed E-state index contributed by atoms with van der Waals surface area (Å²) >= 11 is 0. The van der Waals surface area contributed by atoms with Crippen LogP contribution in [0.2, 0.25) is 0 Å². The molecule has 0 unspecified atom stereocenters. The first kappa shape index (κ1) is 9.22. The van der Waals surface area contributed by atoms with Crippen molar-refractivity contribution in [2.75, 3.05) is 0 Å². The van der Waals surface area contributed by atoms with Crippen LogP contribution in [0.4, 0.5) is 0 Å². The molecule has 1 N–H and O–H groups in total. The minimum atomic E-state index is -4.14. The van der Waals surface area contributed by atoms with E-state index in [1.165, 1.54) is 0 Å². The van der Waals surface area contributed by atoms with Crippen LogP contribution < -0.4 is 13.9 Å². The molecule has 2 heterocycles. The van der Waals surface area contributed by atoms with Crippen LogP contribution in [0, 0.1) is 0 Å². The van der Waals surface area contributed by atoms with Gasteiger partial charge in [0.05, 0.1) is 5.52 Å². The first-order chi connectivity index (χ1) is 7.57. The first-order valence-electron chi connectivity index (χ1n) is 4.36. The first-order valence-corrected chi connectivity index (χ1v) is 5.69. The van der Waals surface area contributed by atoms with Crippen LogP contribution in [-0.2, 0) is 10.4 Å².